The number of methoxy groups -OCH3 is 1. The van der Waals surface area contributed by atoms with Crippen LogP contribution in [0.25, 0.3) is 0 Å². The van der Waals surface area contributed by atoms with Gasteiger partial charge in [-0.05, 0) is 87.6 Å². The molecule has 1 aromatic heterocycles. The number of nitrogens with zero attached hydrogens (tertiary/aromatic N) is 3. The second-order valence-corrected chi connectivity index (χ2v) is 11.0. The van der Waals surface area contributed by atoms with Gasteiger partial charge in [0.1, 0.15) is 0 Å². The van der Waals surface area contributed by atoms with Gasteiger partial charge < -0.3 is 19.1 Å². The normalized spacial score (nSPS) is 26.4. The third-order valence-corrected chi connectivity index (χ3v) is 8.85. The second kappa shape index (κ2) is 11.2. The van der Waals surface area contributed by atoms with Gasteiger partial charge in [-0.15, -0.1) is 0 Å². The Hall–Kier alpha value is -0.980. The molecule has 5 nitrogen and oxygen atoms in total. The van der Waals surface area contributed by atoms with Crippen molar-refractivity contribution in [1.29, 1.82) is 0 Å². The van der Waals surface area contributed by atoms with Crippen LogP contribution in [0.5, 0.6) is 0 Å². The molecule has 0 aliphatic carbocycles. The molecule has 0 bridgehead atoms. The van der Waals surface area contributed by atoms with Gasteiger partial charge in [0.25, 0.3) is 0 Å². The molecule has 2 unspecified atom stereocenters. The topological polar surface area (TPSA) is 37.7 Å². The highest BCUT2D eigenvalue weighted by Gasteiger charge is 2.39. The van der Waals surface area contributed by atoms with Gasteiger partial charge in [-0.1, -0.05) is 6.42 Å². The van der Waals surface area contributed by atoms with Gasteiger partial charge in [-0.25, -0.2) is 0 Å². The van der Waals surface area contributed by atoms with Crippen molar-refractivity contribution in [3.8, 4) is 0 Å². The van der Waals surface area contributed by atoms with Crippen molar-refractivity contribution >= 4 is 17.7 Å². The Kier molecular flexibility index (Phi) is 8.41. The molecule has 174 valence electrons. The maximum absolute atomic E-state index is 13.8. The maximum atomic E-state index is 13.8. The summed E-state index contributed by atoms with van der Waals surface area (Å²) < 4.78 is 7.66. The summed E-state index contributed by atoms with van der Waals surface area (Å²) in [5, 5.41) is 0. The average molecular weight is 448 g/mol. The van der Waals surface area contributed by atoms with Crippen molar-refractivity contribution in [1.82, 2.24) is 14.4 Å². The molecule has 6 heteroatoms. The Morgan fingerprint density at radius 2 is 1.90 bits per heavy atom. The zero-order valence-corrected chi connectivity index (χ0v) is 20.2. The number of thioether (sulfide) groups is 1. The second-order valence-electron chi connectivity index (χ2n) is 9.79. The Morgan fingerprint density at radius 1 is 1.13 bits per heavy atom. The number of carbonyl (C=O) groups excluding carboxylic acids is 1. The summed E-state index contributed by atoms with van der Waals surface area (Å²) in [6.07, 6.45) is 14.6. The first-order chi connectivity index (χ1) is 15.2. The molecule has 1 aromatic rings. The molecular weight excluding hydrogens is 406 g/mol. The highest BCUT2D eigenvalue weighted by atomic mass is 32.2. The first kappa shape index (κ1) is 23.2. The summed E-state index contributed by atoms with van der Waals surface area (Å²) in [5.41, 5.74) is -0.0468. The van der Waals surface area contributed by atoms with Crippen molar-refractivity contribution in [2.75, 3.05) is 51.4 Å². The summed E-state index contributed by atoms with van der Waals surface area (Å²) in [5.74, 6) is 3.28. The molecule has 0 saturated carbocycles. The maximum Gasteiger partial charge on any atom is 0.224 e. The Morgan fingerprint density at radius 3 is 2.68 bits per heavy atom. The van der Waals surface area contributed by atoms with Crippen molar-refractivity contribution in [3.05, 3.63) is 24.5 Å². The van der Waals surface area contributed by atoms with Crippen molar-refractivity contribution in [3.63, 3.8) is 0 Å². The van der Waals surface area contributed by atoms with Crippen LogP contribution in [-0.2, 0) is 15.1 Å². The lowest BCUT2D eigenvalue weighted by Crippen LogP contribution is -2.52. The van der Waals surface area contributed by atoms with E-state index in [-0.39, 0.29) is 5.54 Å². The molecule has 31 heavy (non-hydrogen) atoms. The van der Waals surface area contributed by atoms with E-state index in [9.17, 15) is 4.79 Å². The van der Waals surface area contributed by atoms with Gasteiger partial charge in [-0.2, -0.15) is 11.8 Å². The third kappa shape index (κ3) is 5.69. The molecular formula is C25H41N3O2S. The van der Waals surface area contributed by atoms with Crippen LogP contribution >= 0.6 is 11.8 Å². The number of piperidine rings is 2. The van der Waals surface area contributed by atoms with E-state index in [1.54, 1.807) is 7.11 Å². The van der Waals surface area contributed by atoms with Gasteiger partial charge in [0.2, 0.25) is 5.91 Å². The molecule has 4 rings (SSSR count). The van der Waals surface area contributed by atoms with Gasteiger partial charge in [-0.3, -0.25) is 4.79 Å². The van der Waals surface area contributed by atoms with Gasteiger partial charge in [0.05, 0.1) is 12.0 Å². The zero-order valence-electron chi connectivity index (χ0n) is 19.3. The van der Waals surface area contributed by atoms with Crippen LogP contribution in [0.2, 0.25) is 0 Å². The van der Waals surface area contributed by atoms with Crippen LogP contribution < -0.4 is 0 Å². The predicted octanol–water partition coefficient (Wildman–Crippen LogP) is 4.23. The van der Waals surface area contributed by atoms with Gasteiger partial charge >= 0.3 is 0 Å². The number of hydrogen-bond donors (Lipinski definition) is 0. The highest BCUT2D eigenvalue weighted by Crippen LogP contribution is 2.38. The van der Waals surface area contributed by atoms with Crippen molar-refractivity contribution < 1.29 is 9.53 Å². The van der Waals surface area contributed by atoms with Gasteiger partial charge in [0, 0.05) is 45.2 Å². The van der Waals surface area contributed by atoms with Crippen molar-refractivity contribution in [2.24, 2.45) is 5.92 Å². The fourth-order valence-corrected chi connectivity index (χ4v) is 7.37. The molecule has 0 radical (unpaired) electrons. The van der Waals surface area contributed by atoms with E-state index in [2.05, 4.69) is 38.9 Å². The fraction of sp³-hybridized carbons (Fsp3) is 0.800. The lowest BCUT2D eigenvalue weighted by Gasteiger charge is -2.46. The van der Waals surface area contributed by atoms with E-state index in [1.165, 1.54) is 45.2 Å². The number of hydrogen-bond acceptors (Lipinski definition) is 4. The van der Waals surface area contributed by atoms with Crippen LogP contribution in [0, 0.1) is 5.92 Å². The minimum atomic E-state index is -0.0468. The minimum Gasteiger partial charge on any atom is -0.385 e. The summed E-state index contributed by atoms with van der Waals surface area (Å²) in [7, 11) is 1.76. The van der Waals surface area contributed by atoms with E-state index in [1.807, 2.05) is 11.8 Å². The summed E-state index contributed by atoms with van der Waals surface area (Å²) in [4.78, 5) is 18.7. The van der Waals surface area contributed by atoms with Crippen LogP contribution in [0.15, 0.2) is 24.5 Å². The average Bonchev–Trinajstić information content (AvgIpc) is 3.35. The van der Waals surface area contributed by atoms with E-state index in [4.69, 9.17) is 4.74 Å². The van der Waals surface area contributed by atoms with E-state index in [0.29, 0.717) is 24.3 Å². The van der Waals surface area contributed by atoms with Crippen LogP contribution in [0.1, 0.15) is 57.8 Å². The molecule has 0 aromatic carbocycles. The van der Waals surface area contributed by atoms with Crippen LogP contribution in [0.4, 0.5) is 0 Å². The van der Waals surface area contributed by atoms with Gasteiger partial charge in [0.15, 0.2) is 0 Å². The Bertz CT molecular complexity index is 672. The van der Waals surface area contributed by atoms with E-state index >= 15 is 0 Å². The Balaban J connectivity index is 1.47. The number of fused-ring (bicyclic) bond motifs is 1. The largest absolute Gasteiger partial charge is 0.385 e. The SMILES string of the molecule is COCCCN(CC1CCCN2CCCCC12)C(=O)CC1(n2cccc2)CCSCC1. The summed E-state index contributed by atoms with van der Waals surface area (Å²) >= 11 is 2.03. The predicted molar refractivity (Wildman–Crippen MR) is 129 cm³/mol. The van der Waals surface area contributed by atoms with E-state index < -0.39 is 0 Å². The lowest BCUT2D eigenvalue weighted by molar-refractivity contribution is -0.135. The zero-order chi connectivity index (χ0) is 21.5. The number of aromatic nitrogens is 1. The van der Waals surface area contributed by atoms with Crippen LogP contribution in [-0.4, -0.2) is 77.7 Å². The third-order valence-electron chi connectivity index (χ3n) is 7.87. The number of rotatable bonds is 9. The summed E-state index contributed by atoms with van der Waals surface area (Å²) in [6, 6.07) is 4.89. The number of carbonyl (C=O) groups is 1. The smallest absolute Gasteiger partial charge is 0.224 e. The summed E-state index contributed by atoms with van der Waals surface area (Å²) in [6.45, 7) is 5.00. The number of ether oxygens (including phenoxy) is 1. The quantitative estimate of drug-likeness (QED) is 0.531. The monoisotopic (exact) mass is 447 g/mol. The molecule has 2 atom stereocenters. The first-order valence-corrected chi connectivity index (χ1v) is 13.6. The van der Waals surface area contributed by atoms with Crippen molar-refractivity contribution in [2.45, 2.75) is 69.4 Å². The first-order valence-electron chi connectivity index (χ1n) is 12.4. The molecule has 1 amide bonds. The highest BCUT2D eigenvalue weighted by molar-refractivity contribution is 7.99. The number of amides is 1. The fourth-order valence-electron chi connectivity index (χ4n) is 6.11. The Labute approximate surface area is 192 Å². The molecule has 3 saturated heterocycles. The lowest BCUT2D eigenvalue weighted by atomic mass is 9.82. The minimum absolute atomic E-state index is 0.0468. The molecule has 3 aliphatic heterocycles. The molecule has 0 N–H and O–H groups in total. The standard InChI is InChI=1S/C25H41N3O2S/c1-30-17-7-14-27(21-22-8-6-13-26-12-3-2-9-23(22)26)24(29)20-25(10-18-31-19-11-25)28-15-4-5-16-28/h4-5,15-16,22-23H,2-3,6-14,17-21H2,1H3. The van der Waals surface area contributed by atoms with E-state index in [0.717, 1.165) is 50.5 Å². The molecule has 3 aliphatic rings. The molecule has 4 heterocycles. The molecule has 0 spiro atoms. The van der Waals surface area contributed by atoms with Crippen LogP contribution in [0.3, 0.4) is 0 Å². The molecule has 3 fully saturated rings.